The summed E-state index contributed by atoms with van der Waals surface area (Å²) in [6, 6.07) is 12.7. The summed E-state index contributed by atoms with van der Waals surface area (Å²) >= 11 is 0. The SMILES string of the molecule is CC(C)c1cc(C(C)C)c(-c2ccc(C=O)cc2)c(C(C)C)c1. The van der Waals surface area contributed by atoms with Crippen LogP contribution in [0.15, 0.2) is 36.4 Å². The molecule has 0 bridgehead atoms. The Kier molecular flexibility index (Phi) is 5.41. The predicted octanol–water partition coefficient (Wildman–Crippen LogP) is 6.54. The van der Waals surface area contributed by atoms with E-state index in [0.717, 1.165) is 11.8 Å². The maximum Gasteiger partial charge on any atom is 0.150 e. The van der Waals surface area contributed by atoms with Gasteiger partial charge in [0.2, 0.25) is 0 Å². The first-order valence-corrected chi connectivity index (χ1v) is 8.58. The third-order valence-electron chi connectivity index (χ3n) is 4.47. The van der Waals surface area contributed by atoms with Crippen LogP contribution >= 0.6 is 0 Å². The average molecular weight is 308 g/mol. The van der Waals surface area contributed by atoms with E-state index in [4.69, 9.17) is 0 Å². The standard InChI is InChI=1S/C22H28O/c1-14(2)19-11-20(15(3)4)22(21(12-19)16(5)6)18-9-7-17(13-23)8-10-18/h7-16H,1-6H3. The molecule has 1 heteroatoms. The number of hydrogen-bond donors (Lipinski definition) is 0. The van der Waals surface area contributed by atoms with Crippen LogP contribution in [0.5, 0.6) is 0 Å². The van der Waals surface area contributed by atoms with Crippen LogP contribution in [-0.2, 0) is 0 Å². The van der Waals surface area contributed by atoms with E-state index in [1.807, 2.05) is 12.1 Å². The third-order valence-corrected chi connectivity index (χ3v) is 4.47. The van der Waals surface area contributed by atoms with E-state index in [1.54, 1.807) is 0 Å². The smallest absolute Gasteiger partial charge is 0.150 e. The highest BCUT2D eigenvalue weighted by molar-refractivity contribution is 5.79. The molecule has 1 nitrogen and oxygen atoms in total. The molecule has 2 rings (SSSR count). The summed E-state index contributed by atoms with van der Waals surface area (Å²) in [6.07, 6.45) is 0.901. The molecule has 0 aliphatic heterocycles. The molecule has 23 heavy (non-hydrogen) atoms. The van der Waals surface area contributed by atoms with Gasteiger partial charge in [-0.05, 0) is 45.6 Å². The Hall–Kier alpha value is -1.89. The van der Waals surface area contributed by atoms with Crippen molar-refractivity contribution in [3.05, 3.63) is 58.7 Å². The van der Waals surface area contributed by atoms with Gasteiger partial charge in [-0.25, -0.2) is 0 Å². The number of carbonyl (C=O) groups excluding carboxylic acids is 1. The zero-order chi connectivity index (χ0) is 17.1. The van der Waals surface area contributed by atoms with E-state index < -0.39 is 0 Å². The molecule has 0 atom stereocenters. The Balaban J connectivity index is 2.74. The summed E-state index contributed by atoms with van der Waals surface area (Å²) < 4.78 is 0. The van der Waals surface area contributed by atoms with Crippen molar-refractivity contribution in [2.24, 2.45) is 0 Å². The van der Waals surface area contributed by atoms with Crippen molar-refractivity contribution in [3.63, 3.8) is 0 Å². The first kappa shape index (κ1) is 17.5. The molecule has 0 radical (unpaired) electrons. The van der Waals surface area contributed by atoms with Crippen LogP contribution in [0.3, 0.4) is 0 Å². The van der Waals surface area contributed by atoms with Crippen molar-refractivity contribution in [2.45, 2.75) is 59.3 Å². The minimum absolute atomic E-state index is 0.465. The molecule has 0 aliphatic rings. The molecule has 2 aromatic carbocycles. The Morgan fingerprint density at radius 2 is 1.22 bits per heavy atom. The highest BCUT2D eigenvalue weighted by Gasteiger charge is 2.18. The summed E-state index contributed by atoms with van der Waals surface area (Å²) in [5, 5.41) is 0. The zero-order valence-electron chi connectivity index (χ0n) is 15.2. The maximum absolute atomic E-state index is 10.9. The zero-order valence-corrected chi connectivity index (χ0v) is 15.2. The highest BCUT2D eigenvalue weighted by Crippen LogP contribution is 2.38. The predicted molar refractivity (Wildman–Crippen MR) is 99.5 cm³/mol. The molecule has 0 aromatic heterocycles. The average Bonchev–Trinajstić information content (AvgIpc) is 2.53. The van der Waals surface area contributed by atoms with Crippen molar-refractivity contribution in [1.29, 1.82) is 0 Å². The van der Waals surface area contributed by atoms with Gasteiger partial charge in [0.15, 0.2) is 0 Å². The van der Waals surface area contributed by atoms with Gasteiger partial charge in [0.1, 0.15) is 6.29 Å². The molecule has 2 aromatic rings. The van der Waals surface area contributed by atoms with Gasteiger partial charge < -0.3 is 0 Å². The second-order valence-corrected chi connectivity index (χ2v) is 7.28. The molecule has 0 aliphatic carbocycles. The van der Waals surface area contributed by atoms with Crippen LogP contribution < -0.4 is 0 Å². The fourth-order valence-electron chi connectivity index (χ4n) is 3.02. The monoisotopic (exact) mass is 308 g/mol. The second kappa shape index (κ2) is 7.12. The molecule has 0 fully saturated rings. The van der Waals surface area contributed by atoms with Gasteiger partial charge in [0.05, 0.1) is 0 Å². The van der Waals surface area contributed by atoms with E-state index >= 15 is 0 Å². The highest BCUT2D eigenvalue weighted by atomic mass is 16.1. The minimum atomic E-state index is 0.465. The number of benzene rings is 2. The van der Waals surface area contributed by atoms with Crippen LogP contribution in [0, 0.1) is 0 Å². The summed E-state index contributed by atoms with van der Waals surface area (Å²) in [7, 11) is 0. The van der Waals surface area contributed by atoms with Crippen molar-refractivity contribution >= 4 is 6.29 Å². The first-order valence-electron chi connectivity index (χ1n) is 8.58. The lowest BCUT2D eigenvalue weighted by Gasteiger charge is -2.23. The number of hydrogen-bond acceptors (Lipinski definition) is 1. The van der Waals surface area contributed by atoms with Gasteiger partial charge in [-0.2, -0.15) is 0 Å². The minimum Gasteiger partial charge on any atom is -0.298 e. The van der Waals surface area contributed by atoms with Crippen LogP contribution in [0.2, 0.25) is 0 Å². The number of carbonyl (C=O) groups is 1. The third kappa shape index (κ3) is 3.72. The van der Waals surface area contributed by atoms with E-state index in [2.05, 4.69) is 65.8 Å². The molecule has 0 spiro atoms. The lowest BCUT2D eigenvalue weighted by molar-refractivity contribution is 0.112. The van der Waals surface area contributed by atoms with Crippen molar-refractivity contribution in [1.82, 2.24) is 0 Å². The quantitative estimate of drug-likeness (QED) is 0.573. The Bertz CT molecular complexity index is 647. The molecule has 0 N–H and O–H groups in total. The van der Waals surface area contributed by atoms with Gasteiger partial charge in [-0.3, -0.25) is 4.79 Å². The lowest BCUT2D eigenvalue weighted by Crippen LogP contribution is -2.03. The molecule has 0 amide bonds. The Labute approximate surface area is 140 Å². The van der Waals surface area contributed by atoms with Crippen molar-refractivity contribution < 1.29 is 4.79 Å². The molecule has 0 saturated carbocycles. The molecule has 0 saturated heterocycles. The van der Waals surface area contributed by atoms with E-state index in [-0.39, 0.29) is 0 Å². The van der Waals surface area contributed by atoms with Gasteiger partial charge >= 0.3 is 0 Å². The molecule has 122 valence electrons. The van der Waals surface area contributed by atoms with Crippen LogP contribution in [-0.4, -0.2) is 6.29 Å². The summed E-state index contributed by atoms with van der Waals surface area (Å²) in [5.41, 5.74) is 7.49. The number of rotatable bonds is 5. The van der Waals surface area contributed by atoms with Crippen molar-refractivity contribution in [2.75, 3.05) is 0 Å². The number of aldehydes is 1. The maximum atomic E-state index is 10.9. The molecular weight excluding hydrogens is 280 g/mol. The van der Waals surface area contributed by atoms with Gasteiger partial charge in [-0.1, -0.05) is 77.9 Å². The second-order valence-electron chi connectivity index (χ2n) is 7.28. The lowest BCUT2D eigenvalue weighted by atomic mass is 9.82. The van der Waals surface area contributed by atoms with Crippen LogP contribution in [0.1, 0.15) is 86.3 Å². The Morgan fingerprint density at radius 1 is 0.739 bits per heavy atom. The molecule has 0 unspecified atom stereocenters. The first-order chi connectivity index (χ1) is 10.8. The Morgan fingerprint density at radius 3 is 1.57 bits per heavy atom. The van der Waals surface area contributed by atoms with Crippen LogP contribution in [0.25, 0.3) is 11.1 Å². The van der Waals surface area contributed by atoms with Crippen molar-refractivity contribution in [3.8, 4) is 11.1 Å². The van der Waals surface area contributed by atoms with Gasteiger partial charge in [-0.15, -0.1) is 0 Å². The van der Waals surface area contributed by atoms with Gasteiger partial charge in [0, 0.05) is 5.56 Å². The largest absolute Gasteiger partial charge is 0.298 e. The molecule has 0 heterocycles. The van der Waals surface area contributed by atoms with E-state index in [1.165, 1.54) is 27.8 Å². The summed E-state index contributed by atoms with van der Waals surface area (Å²) in [5.74, 6) is 1.45. The van der Waals surface area contributed by atoms with Crippen LogP contribution in [0.4, 0.5) is 0 Å². The molecular formula is C22H28O. The normalized spacial score (nSPS) is 11.5. The fraction of sp³-hybridized carbons (Fsp3) is 0.409. The van der Waals surface area contributed by atoms with E-state index in [0.29, 0.717) is 17.8 Å². The summed E-state index contributed by atoms with van der Waals surface area (Å²) in [6.45, 7) is 13.5. The van der Waals surface area contributed by atoms with E-state index in [9.17, 15) is 4.79 Å². The fourth-order valence-corrected chi connectivity index (χ4v) is 3.02. The summed E-state index contributed by atoms with van der Waals surface area (Å²) in [4.78, 5) is 10.9. The van der Waals surface area contributed by atoms with Gasteiger partial charge in [0.25, 0.3) is 0 Å². The topological polar surface area (TPSA) is 17.1 Å².